The quantitative estimate of drug-likeness (QED) is 0.616. The highest BCUT2D eigenvalue weighted by Gasteiger charge is 1.95. The van der Waals surface area contributed by atoms with Crippen LogP contribution in [0.3, 0.4) is 0 Å². The molecule has 0 aliphatic heterocycles. The minimum atomic E-state index is 0.0583. The molecular weight excluding hydrogens is 212 g/mol. The van der Waals surface area contributed by atoms with Crippen molar-refractivity contribution < 1.29 is 0 Å². The number of unbranched alkanes of at least 4 members (excludes halogenated alkanes) is 7. The lowest BCUT2D eigenvalue weighted by Gasteiger charge is -2.04. The van der Waals surface area contributed by atoms with E-state index < -0.39 is 0 Å². The van der Waals surface area contributed by atoms with Gasteiger partial charge in [-0.25, -0.2) is 4.98 Å². The van der Waals surface area contributed by atoms with E-state index in [2.05, 4.69) is 11.9 Å². The van der Waals surface area contributed by atoms with E-state index in [4.69, 9.17) is 0 Å². The molecule has 0 aliphatic rings. The van der Waals surface area contributed by atoms with Crippen molar-refractivity contribution in [3.63, 3.8) is 0 Å². The zero-order valence-corrected chi connectivity index (χ0v) is 10.9. The van der Waals surface area contributed by atoms with E-state index in [1.54, 1.807) is 17.1 Å². The summed E-state index contributed by atoms with van der Waals surface area (Å²) < 4.78 is 1.69. The lowest BCUT2D eigenvalue weighted by Crippen LogP contribution is -2.18. The molecule has 1 aromatic heterocycles. The van der Waals surface area contributed by atoms with Crippen LogP contribution in [-0.4, -0.2) is 9.55 Å². The van der Waals surface area contributed by atoms with E-state index >= 15 is 0 Å². The Bertz CT molecular complexity index is 346. The Labute approximate surface area is 104 Å². The van der Waals surface area contributed by atoms with Crippen molar-refractivity contribution in [3.8, 4) is 0 Å². The summed E-state index contributed by atoms with van der Waals surface area (Å²) in [6.07, 6.45) is 13.5. The maximum atomic E-state index is 11.4. The van der Waals surface area contributed by atoms with Gasteiger partial charge in [-0.15, -0.1) is 0 Å². The van der Waals surface area contributed by atoms with Crippen LogP contribution in [0.1, 0.15) is 58.3 Å². The summed E-state index contributed by atoms with van der Waals surface area (Å²) in [5.41, 5.74) is 0.0583. The van der Waals surface area contributed by atoms with Crippen LogP contribution >= 0.6 is 0 Å². The van der Waals surface area contributed by atoms with Crippen LogP contribution in [-0.2, 0) is 6.54 Å². The van der Waals surface area contributed by atoms with Crippen molar-refractivity contribution in [2.24, 2.45) is 0 Å². The van der Waals surface area contributed by atoms with Crippen molar-refractivity contribution in [1.29, 1.82) is 0 Å². The van der Waals surface area contributed by atoms with Crippen LogP contribution in [0, 0.1) is 0 Å². The van der Waals surface area contributed by atoms with Gasteiger partial charge in [-0.05, 0) is 6.42 Å². The van der Waals surface area contributed by atoms with Crippen LogP contribution in [0.4, 0.5) is 0 Å². The predicted octanol–water partition coefficient (Wildman–Crippen LogP) is 3.38. The van der Waals surface area contributed by atoms with E-state index in [0.717, 1.165) is 13.0 Å². The number of hydrogen-bond acceptors (Lipinski definition) is 2. The third kappa shape index (κ3) is 6.25. The van der Waals surface area contributed by atoms with E-state index in [1.807, 2.05) is 0 Å². The van der Waals surface area contributed by atoms with Crippen LogP contribution in [0.15, 0.2) is 23.4 Å². The van der Waals surface area contributed by atoms with Crippen LogP contribution in [0.5, 0.6) is 0 Å². The third-order valence-electron chi connectivity index (χ3n) is 3.04. The van der Waals surface area contributed by atoms with E-state index in [-0.39, 0.29) is 5.56 Å². The second-order valence-corrected chi connectivity index (χ2v) is 4.59. The number of aromatic nitrogens is 2. The first-order chi connectivity index (χ1) is 8.34. The largest absolute Gasteiger partial charge is 0.299 e. The molecular formula is C14H24N2O. The molecule has 3 nitrogen and oxygen atoms in total. The normalized spacial score (nSPS) is 10.6. The molecule has 0 amide bonds. The molecule has 0 atom stereocenters. The number of aryl methyl sites for hydroxylation is 1. The Hall–Kier alpha value is -1.12. The third-order valence-corrected chi connectivity index (χ3v) is 3.04. The molecule has 0 radical (unpaired) electrons. The Balaban J connectivity index is 2.01. The Morgan fingerprint density at radius 3 is 2.35 bits per heavy atom. The first kappa shape index (κ1) is 13.9. The highest BCUT2D eigenvalue weighted by Crippen LogP contribution is 2.08. The van der Waals surface area contributed by atoms with Gasteiger partial charge in [-0.3, -0.25) is 9.36 Å². The van der Waals surface area contributed by atoms with Crippen LogP contribution in [0.2, 0.25) is 0 Å². The van der Waals surface area contributed by atoms with Crippen LogP contribution in [0.25, 0.3) is 0 Å². The van der Waals surface area contributed by atoms with Gasteiger partial charge in [0.2, 0.25) is 0 Å². The number of hydrogen-bond donors (Lipinski definition) is 0. The molecule has 0 unspecified atom stereocenters. The molecule has 0 spiro atoms. The second kappa shape index (κ2) is 8.97. The predicted molar refractivity (Wildman–Crippen MR) is 71.1 cm³/mol. The Kier molecular flexibility index (Phi) is 7.35. The summed E-state index contributed by atoms with van der Waals surface area (Å²) >= 11 is 0. The first-order valence-corrected chi connectivity index (χ1v) is 6.85. The Morgan fingerprint density at radius 2 is 1.71 bits per heavy atom. The smallest absolute Gasteiger partial charge is 0.253 e. The molecule has 0 saturated heterocycles. The molecule has 0 saturated carbocycles. The van der Waals surface area contributed by atoms with Crippen molar-refractivity contribution in [1.82, 2.24) is 9.55 Å². The van der Waals surface area contributed by atoms with Gasteiger partial charge in [0.15, 0.2) is 0 Å². The minimum absolute atomic E-state index is 0.0583. The molecule has 17 heavy (non-hydrogen) atoms. The van der Waals surface area contributed by atoms with Crippen molar-refractivity contribution >= 4 is 0 Å². The van der Waals surface area contributed by atoms with Crippen molar-refractivity contribution in [2.75, 3.05) is 0 Å². The second-order valence-electron chi connectivity index (χ2n) is 4.59. The molecule has 0 aromatic carbocycles. The van der Waals surface area contributed by atoms with Gasteiger partial charge in [0.25, 0.3) is 5.56 Å². The topological polar surface area (TPSA) is 34.9 Å². The van der Waals surface area contributed by atoms with E-state index in [1.165, 1.54) is 51.0 Å². The molecule has 3 heteroatoms. The fourth-order valence-corrected chi connectivity index (χ4v) is 1.96. The molecule has 1 heterocycles. The molecule has 1 rings (SSSR count). The highest BCUT2D eigenvalue weighted by molar-refractivity contribution is 4.81. The summed E-state index contributed by atoms with van der Waals surface area (Å²) in [7, 11) is 0. The van der Waals surface area contributed by atoms with Gasteiger partial charge in [-0.1, -0.05) is 51.9 Å². The summed E-state index contributed by atoms with van der Waals surface area (Å²) in [5, 5.41) is 0. The van der Waals surface area contributed by atoms with Gasteiger partial charge < -0.3 is 0 Å². The summed E-state index contributed by atoms with van der Waals surface area (Å²) in [6.45, 7) is 3.05. The van der Waals surface area contributed by atoms with Gasteiger partial charge in [-0.2, -0.15) is 0 Å². The minimum Gasteiger partial charge on any atom is -0.299 e. The maximum Gasteiger partial charge on any atom is 0.253 e. The average molecular weight is 236 g/mol. The summed E-state index contributed by atoms with van der Waals surface area (Å²) in [6, 6.07) is 1.52. The van der Waals surface area contributed by atoms with Crippen LogP contribution < -0.4 is 5.56 Å². The average Bonchev–Trinajstić information content (AvgIpc) is 2.35. The summed E-state index contributed by atoms with van der Waals surface area (Å²) in [4.78, 5) is 15.3. The lowest BCUT2D eigenvalue weighted by molar-refractivity contribution is 0.534. The number of rotatable bonds is 9. The number of nitrogens with zero attached hydrogens (tertiary/aromatic N) is 2. The molecule has 0 bridgehead atoms. The van der Waals surface area contributed by atoms with E-state index in [0.29, 0.717) is 0 Å². The van der Waals surface area contributed by atoms with Gasteiger partial charge in [0.05, 0.1) is 6.33 Å². The molecule has 0 fully saturated rings. The SMILES string of the molecule is CCCCCCCCCCn1cnccc1=O. The van der Waals surface area contributed by atoms with Gasteiger partial charge >= 0.3 is 0 Å². The molecule has 1 aromatic rings. The molecule has 0 N–H and O–H groups in total. The lowest BCUT2D eigenvalue weighted by atomic mass is 10.1. The molecule has 0 aliphatic carbocycles. The van der Waals surface area contributed by atoms with Crippen molar-refractivity contribution in [2.45, 2.75) is 64.8 Å². The zero-order chi connectivity index (χ0) is 12.3. The van der Waals surface area contributed by atoms with Gasteiger partial charge in [0, 0.05) is 18.8 Å². The first-order valence-electron chi connectivity index (χ1n) is 6.85. The van der Waals surface area contributed by atoms with Crippen molar-refractivity contribution in [3.05, 3.63) is 28.9 Å². The zero-order valence-electron chi connectivity index (χ0n) is 10.9. The standard InChI is InChI=1S/C14H24N2O/c1-2-3-4-5-6-7-8-9-12-16-13-15-11-10-14(16)17/h10-11,13H,2-9,12H2,1H3. The fourth-order valence-electron chi connectivity index (χ4n) is 1.96. The Morgan fingerprint density at radius 1 is 1.06 bits per heavy atom. The molecule has 96 valence electrons. The van der Waals surface area contributed by atoms with E-state index in [9.17, 15) is 4.79 Å². The highest BCUT2D eigenvalue weighted by atomic mass is 16.1. The monoisotopic (exact) mass is 236 g/mol. The maximum absolute atomic E-state index is 11.4. The summed E-state index contributed by atoms with van der Waals surface area (Å²) in [5.74, 6) is 0. The fraction of sp³-hybridized carbons (Fsp3) is 0.714. The van der Waals surface area contributed by atoms with Gasteiger partial charge in [0.1, 0.15) is 0 Å².